The molecule has 108 valence electrons. The Labute approximate surface area is 117 Å². The quantitative estimate of drug-likeness (QED) is 0.808. The summed E-state index contributed by atoms with van der Waals surface area (Å²) in [7, 11) is 0. The van der Waals surface area contributed by atoms with Crippen molar-refractivity contribution in [3.63, 3.8) is 0 Å². The summed E-state index contributed by atoms with van der Waals surface area (Å²) in [5.41, 5.74) is 0. The molecule has 2 rings (SSSR count). The van der Waals surface area contributed by atoms with Crippen molar-refractivity contribution < 1.29 is 0 Å². The Morgan fingerprint density at radius 1 is 1.32 bits per heavy atom. The summed E-state index contributed by atoms with van der Waals surface area (Å²) in [5, 5.41) is 3.65. The highest BCUT2D eigenvalue weighted by molar-refractivity contribution is 5.00. The van der Waals surface area contributed by atoms with Gasteiger partial charge in [0.25, 0.3) is 0 Å². The lowest BCUT2D eigenvalue weighted by molar-refractivity contribution is 0.293. The van der Waals surface area contributed by atoms with Crippen molar-refractivity contribution >= 4 is 0 Å². The fourth-order valence-electron chi connectivity index (χ4n) is 3.34. The Morgan fingerprint density at radius 2 is 2.11 bits per heavy atom. The summed E-state index contributed by atoms with van der Waals surface area (Å²) < 4.78 is 2.33. The van der Waals surface area contributed by atoms with Crippen LogP contribution < -0.4 is 5.32 Å². The van der Waals surface area contributed by atoms with Gasteiger partial charge in [0.15, 0.2) is 0 Å². The molecule has 3 nitrogen and oxygen atoms in total. The van der Waals surface area contributed by atoms with E-state index in [0.717, 1.165) is 19.0 Å². The number of nitrogens with zero attached hydrogens (tertiary/aromatic N) is 2. The fourth-order valence-corrected chi connectivity index (χ4v) is 3.34. The number of nitrogens with one attached hydrogen (secondary N) is 1. The molecule has 1 atom stereocenters. The molecule has 1 heterocycles. The van der Waals surface area contributed by atoms with Gasteiger partial charge >= 0.3 is 0 Å². The molecule has 0 aromatic carbocycles. The van der Waals surface area contributed by atoms with E-state index >= 15 is 0 Å². The highest BCUT2D eigenvalue weighted by atomic mass is 15.1. The number of hydrogen-bond acceptors (Lipinski definition) is 2. The van der Waals surface area contributed by atoms with Crippen molar-refractivity contribution in [1.82, 2.24) is 14.9 Å². The van der Waals surface area contributed by atoms with E-state index in [2.05, 4.69) is 34.9 Å². The van der Waals surface area contributed by atoms with E-state index in [1.165, 1.54) is 50.8 Å². The van der Waals surface area contributed by atoms with Crippen molar-refractivity contribution in [1.29, 1.82) is 0 Å². The third kappa shape index (κ3) is 4.07. The zero-order chi connectivity index (χ0) is 13.5. The van der Waals surface area contributed by atoms with Gasteiger partial charge in [0.2, 0.25) is 0 Å². The monoisotopic (exact) mass is 263 g/mol. The van der Waals surface area contributed by atoms with Crippen molar-refractivity contribution in [2.24, 2.45) is 5.92 Å². The molecule has 0 bridgehead atoms. The second-order valence-corrected chi connectivity index (χ2v) is 5.83. The summed E-state index contributed by atoms with van der Waals surface area (Å²) in [6, 6.07) is 0.439. The van der Waals surface area contributed by atoms with Crippen LogP contribution in [0.15, 0.2) is 12.4 Å². The van der Waals surface area contributed by atoms with Crippen molar-refractivity contribution in [3.8, 4) is 0 Å². The van der Waals surface area contributed by atoms with Gasteiger partial charge in [0.1, 0.15) is 5.82 Å². The zero-order valence-corrected chi connectivity index (χ0v) is 12.6. The third-order valence-electron chi connectivity index (χ3n) is 4.27. The number of rotatable bonds is 7. The fraction of sp³-hybridized carbons (Fsp3) is 0.812. The van der Waals surface area contributed by atoms with Crippen LogP contribution >= 0.6 is 0 Å². The molecule has 0 aliphatic heterocycles. The van der Waals surface area contributed by atoms with E-state index in [1.807, 2.05) is 6.20 Å². The van der Waals surface area contributed by atoms with Crippen molar-refractivity contribution in [2.45, 2.75) is 71.4 Å². The number of aryl methyl sites for hydroxylation is 1. The van der Waals surface area contributed by atoms with Gasteiger partial charge in [-0.3, -0.25) is 0 Å². The summed E-state index contributed by atoms with van der Waals surface area (Å²) >= 11 is 0. The van der Waals surface area contributed by atoms with E-state index in [9.17, 15) is 0 Å². The predicted octanol–water partition coefficient (Wildman–Crippen LogP) is 3.91. The van der Waals surface area contributed by atoms with E-state index < -0.39 is 0 Å². The molecule has 3 heteroatoms. The Balaban J connectivity index is 2.02. The molecule has 0 saturated heterocycles. The zero-order valence-electron chi connectivity index (χ0n) is 12.6. The van der Waals surface area contributed by atoms with Crippen LogP contribution in [0, 0.1) is 5.92 Å². The lowest BCUT2D eigenvalue weighted by Crippen LogP contribution is -2.27. The molecule has 1 aliphatic carbocycles. The molecule has 1 aliphatic rings. The minimum atomic E-state index is 0.439. The van der Waals surface area contributed by atoms with Gasteiger partial charge in [-0.15, -0.1) is 0 Å². The second-order valence-electron chi connectivity index (χ2n) is 5.83. The van der Waals surface area contributed by atoms with Gasteiger partial charge in [-0.1, -0.05) is 46.0 Å². The summed E-state index contributed by atoms with van der Waals surface area (Å²) in [6.07, 6.45) is 13.6. The van der Waals surface area contributed by atoms with Crippen LogP contribution in [0.25, 0.3) is 0 Å². The number of hydrogen-bond donors (Lipinski definition) is 1. The first-order chi connectivity index (χ1) is 9.35. The minimum absolute atomic E-state index is 0.439. The number of aromatic nitrogens is 2. The smallest absolute Gasteiger partial charge is 0.125 e. The summed E-state index contributed by atoms with van der Waals surface area (Å²) in [5.74, 6) is 2.14. The van der Waals surface area contributed by atoms with Crippen molar-refractivity contribution in [3.05, 3.63) is 18.2 Å². The Kier molecular flexibility index (Phi) is 5.90. The average molecular weight is 263 g/mol. The van der Waals surface area contributed by atoms with Crippen LogP contribution in [-0.4, -0.2) is 16.1 Å². The van der Waals surface area contributed by atoms with E-state index in [0.29, 0.717) is 6.04 Å². The van der Waals surface area contributed by atoms with E-state index in [4.69, 9.17) is 0 Å². The maximum atomic E-state index is 4.62. The molecule has 19 heavy (non-hydrogen) atoms. The summed E-state index contributed by atoms with van der Waals surface area (Å²) in [6.45, 7) is 6.53. The first kappa shape index (κ1) is 14.6. The maximum Gasteiger partial charge on any atom is 0.125 e. The van der Waals surface area contributed by atoms with Gasteiger partial charge in [-0.25, -0.2) is 4.98 Å². The van der Waals surface area contributed by atoms with Gasteiger partial charge in [-0.05, 0) is 25.3 Å². The minimum Gasteiger partial charge on any atom is -0.334 e. The maximum absolute atomic E-state index is 4.62. The molecule has 1 fully saturated rings. The lowest BCUT2D eigenvalue weighted by atomic mass is 9.84. The van der Waals surface area contributed by atoms with Crippen LogP contribution in [0.3, 0.4) is 0 Å². The van der Waals surface area contributed by atoms with Crippen LogP contribution in [0.4, 0.5) is 0 Å². The normalized spacial score (nSPS) is 18.6. The second kappa shape index (κ2) is 7.68. The Hall–Kier alpha value is -0.830. The lowest BCUT2D eigenvalue weighted by Gasteiger charge is -2.27. The van der Waals surface area contributed by atoms with Crippen LogP contribution in [0.2, 0.25) is 0 Å². The molecule has 1 N–H and O–H groups in total. The molecule has 0 spiro atoms. The first-order valence-electron chi connectivity index (χ1n) is 8.09. The first-order valence-corrected chi connectivity index (χ1v) is 8.09. The standard InChI is InChI=1S/C16H29N3/c1-3-11-19-12-10-18-16(19)15(17-4-2)13-14-8-6-5-7-9-14/h10,12,14-15,17H,3-9,11,13H2,1-2H3. The van der Waals surface area contributed by atoms with Crippen LogP contribution in [-0.2, 0) is 6.54 Å². The molecular formula is C16H29N3. The summed E-state index contributed by atoms with van der Waals surface area (Å²) in [4.78, 5) is 4.62. The molecule has 0 amide bonds. The van der Waals surface area contributed by atoms with Gasteiger partial charge in [-0.2, -0.15) is 0 Å². The van der Waals surface area contributed by atoms with Gasteiger partial charge < -0.3 is 9.88 Å². The topological polar surface area (TPSA) is 29.9 Å². The highest BCUT2D eigenvalue weighted by Crippen LogP contribution is 2.31. The van der Waals surface area contributed by atoms with Crippen LogP contribution in [0.1, 0.15) is 70.7 Å². The average Bonchev–Trinajstić information content (AvgIpc) is 2.88. The Bertz CT molecular complexity index is 353. The van der Waals surface area contributed by atoms with E-state index in [-0.39, 0.29) is 0 Å². The SMILES string of the molecule is CCCn1ccnc1C(CC1CCCCC1)NCC. The predicted molar refractivity (Wildman–Crippen MR) is 80.1 cm³/mol. The number of imidazole rings is 1. The molecule has 0 radical (unpaired) electrons. The Morgan fingerprint density at radius 3 is 2.79 bits per heavy atom. The molecule has 1 saturated carbocycles. The van der Waals surface area contributed by atoms with Gasteiger partial charge in [0, 0.05) is 18.9 Å². The third-order valence-corrected chi connectivity index (χ3v) is 4.27. The molecule has 1 aromatic heterocycles. The van der Waals surface area contributed by atoms with Crippen LogP contribution in [0.5, 0.6) is 0 Å². The van der Waals surface area contributed by atoms with E-state index in [1.54, 1.807) is 0 Å². The largest absolute Gasteiger partial charge is 0.334 e. The molecule has 1 aromatic rings. The van der Waals surface area contributed by atoms with Crippen molar-refractivity contribution in [2.75, 3.05) is 6.54 Å². The highest BCUT2D eigenvalue weighted by Gasteiger charge is 2.22. The van der Waals surface area contributed by atoms with Gasteiger partial charge in [0.05, 0.1) is 6.04 Å². The molecule has 1 unspecified atom stereocenters. The molecular weight excluding hydrogens is 234 g/mol.